The molecule has 0 aliphatic carbocycles. The summed E-state index contributed by atoms with van der Waals surface area (Å²) < 4.78 is 4.60. The highest BCUT2D eigenvalue weighted by atomic mass is 16.5. The Bertz CT molecular complexity index is 346. The Morgan fingerprint density at radius 3 is 2.55 bits per heavy atom. The number of ether oxygens (including phenoxy) is 1. The average molecular weight is 286 g/mol. The number of nitrogens with zero attached hydrogens (tertiary/aromatic N) is 1. The highest BCUT2D eigenvalue weighted by molar-refractivity contribution is 5.78. The van der Waals surface area contributed by atoms with Gasteiger partial charge in [0.05, 0.1) is 19.3 Å². The van der Waals surface area contributed by atoms with E-state index in [9.17, 15) is 14.7 Å². The van der Waals surface area contributed by atoms with Crippen LogP contribution in [0.1, 0.15) is 33.6 Å². The maximum absolute atomic E-state index is 12.2. The molecule has 0 saturated carbocycles. The van der Waals surface area contributed by atoms with Gasteiger partial charge in [-0.3, -0.25) is 4.79 Å². The third-order valence-corrected chi connectivity index (χ3v) is 3.76. The van der Waals surface area contributed by atoms with Crippen LogP contribution in [0.5, 0.6) is 0 Å². The van der Waals surface area contributed by atoms with Crippen LogP contribution in [0, 0.1) is 11.8 Å². The summed E-state index contributed by atoms with van der Waals surface area (Å²) in [7, 11) is 1.31. The number of aliphatic hydroxyl groups is 1. The van der Waals surface area contributed by atoms with E-state index in [4.69, 9.17) is 0 Å². The van der Waals surface area contributed by atoms with Crippen LogP contribution in [0.25, 0.3) is 0 Å². The molecule has 2 amide bonds. The number of rotatable bonds is 4. The van der Waals surface area contributed by atoms with E-state index in [0.717, 1.165) is 0 Å². The molecule has 2 N–H and O–H groups in total. The molecule has 0 aromatic rings. The fourth-order valence-electron chi connectivity index (χ4n) is 2.63. The lowest BCUT2D eigenvalue weighted by molar-refractivity contribution is -0.137. The second-order valence-electron chi connectivity index (χ2n) is 5.70. The predicted octanol–water partition coefficient (Wildman–Crippen LogP) is 0.986. The van der Waals surface area contributed by atoms with Crippen molar-refractivity contribution in [1.29, 1.82) is 0 Å². The lowest BCUT2D eigenvalue weighted by Crippen LogP contribution is -2.55. The second kappa shape index (κ2) is 7.47. The average Bonchev–Trinajstić information content (AvgIpc) is 2.44. The van der Waals surface area contributed by atoms with Gasteiger partial charge in [-0.05, 0) is 12.8 Å². The smallest absolute Gasteiger partial charge is 0.407 e. The van der Waals surface area contributed by atoms with E-state index in [2.05, 4.69) is 10.1 Å². The van der Waals surface area contributed by atoms with Crippen LogP contribution >= 0.6 is 0 Å². The van der Waals surface area contributed by atoms with E-state index in [1.54, 1.807) is 4.90 Å². The molecule has 3 unspecified atom stereocenters. The molecule has 1 heterocycles. The van der Waals surface area contributed by atoms with Crippen LogP contribution in [0.4, 0.5) is 4.79 Å². The maximum atomic E-state index is 12.2. The van der Waals surface area contributed by atoms with Crippen LogP contribution < -0.4 is 5.32 Å². The quantitative estimate of drug-likeness (QED) is 0.807. The standard InChI is InChI=1S/C14H26N2O4/c1-5-12(17)10-6-11(15-14(19)20-4)8-16(7-10)13(18)9(2)3/h9-12,17H,5-8H2,1-4H3,(H,15,19). The van der Waals surface area contributed by atoms with Crippen LogP contribution in [0.3, 0.4) is 0 Å². The zero-order valence-corrected chi connectivity index (χ0v) is 12.8. The van der Waals surface area contributed by atoms with Gasteiger partial charge in [0.2, 0.25) is 5.91 Å². The number of alkyl carbamates (subject to hydrolysis) is 1. The first kappa shape index (κ1) is 16.8. The molecule has 1 rings (SSSR count). The molecule has 1 saturated heterocycles. The number of piperidine rings is 1. The molecular formula is C14H26N2O4. The van der Waals surface area contributed by atoms with Crippen molar-refractivity contribution in [3.8, 4) is 0 Å². The van der Waals surface area contributed by atoms with Gasteiger partial charge in [0.25, 0.3) is 0 Å². The molecule has 0 radical (unpaired) electrons. The number of amides is 2. The van der Waals surface area contributed by atoms with Crippen molar-refractivity contribution in [3.05, 3.63) is 0 Å². The normalized spacial score (nSPS) is 24.4. The summed E-state index contributed by atoms with van der Waals surface area (Å²) in [6.07, 6.45) is 0.337. The monoisotopic (exact) mass is 286 g/mol. The first-order valence-electron chi connectivity index (χ1n) is 7.20. The number of nitrogens with one attached hydrogen (secondary N) is 1. The third-order valence-electron chi connectivity index (χ3n) is 3.76. The Kier molecular flexibility index (Phi) is 6.26. The number of aliphatic hydroxyl groups excluding tert-OH is 1. The van der Waals surface area contributed by atoms with Gasteiger partial charge in [-0.15, -0.1) is 0 Å². The van der Waals surface area contributed by atoms with E-state index >= 15 is 0 Å². The van der Waals surface area contributed by atoms with Gasteiger partial charge >= 0.3 is 6.09 Å². The number of methoxy groups -OCH3 is 1. The summed E-state index contributed by atoms with van der Waals surface area (Å²) in [6, 6.07) is -0.176. The molecule has 6 heteroatoms. The highest BCUT2D eigenvalue weighted by Gasteiger charge is 2.34. The number of carbonyl (C=O) groups is 2. The molecule has 0 aromatic heterocycles. The highest BCUT2D eigenvalue weighted by Crippen LogP contribution is 2.23. The maximum Gasteiger partial charge on any atom is 0.407 e. The summed E-state index contributed by atoms with van der Waals surface area (Å²) in [4.78, 5) is 25.2. The second-order valence-corrected chi connectivity index (χ2v) is 5.70. The van der Waals surface area contributed by atoms with Crippen molar-refractivity contribution in [1.82, 2.24) is 10.2 Å². The molecule has 1 aliphatic rings. The van der Waals surface area contributed by atoms with Gasteiger partial charge in [-0.1, -0.05) is 20.8 Å². The zero-order chi connectivity index (χ0) is 15.3. The van der Waals surface area contributed by atoms with Crippen LogP contribution in [-0.2, 0) is 9.53 Å². The van der Waals surface area contributed by atoms with E-state index in [-0.39, 0.29) is 23.8 Å². The van der Waals surface area contributed by atoms with Crippen molar-refractivity contribution in [2.45, 2.75) is 45.8 Å². The fraction of sp³-hybridized carbons (Fsp3) is 0.857. The number of likely N-dealkylation sites (tertiary alicyclic amines) is 1. The summed E-state index contributed by atoms with van der Waals surface area (Å²) in [5.74, 6) is -0.0560. The van der Waals surface area contributed by atoms with Crippen LogP contribution in [0.15, 0.2) is 0 Å². The first-order chi connectivity index (χ1) is 9.38. The van der Waals surface area contributed by atoms with E-state index in [0.29, 0.717) is 25.9 Å². The number of carbonyl (C=O) groups excluding carboxylic acids is 2. The topological polar surface area (TPSA) is 78.9 Å². The minimum absolute atomic E-state index is 0.0152. The SMILES string of the molecule is CCC(O)C1CC(NC(=O)OC)CN(C(=O)C(C)C)C1. The molecule has 20 heavy (non-hydrogen) atoms. The molecule has 6 nitrogen and oxygen atoms in total. The molecular weight excluding hydrogens is 260 g/mol. The Hall–Kier alpha value is -1.30. The summed E-state index contributed by atoms with van der Waals surface area (Å²) in [5, 5.41) is 12.8. The Balaban J connectivity index is 2.77. The zero-order valence-electron chi connectivity index (χ0n) is 12.8. The number of hydrogen-bond acceptors (Lipinski definition) is 4. The minimum atomic E-state index is -0.501. The lowest BCUT2D eigenvalue weighted by Gasteiger charge is -2.40. The van der Waals surface area contributed by atoms with Crippen molar-refractivity contribution in [2.75, 3.05) is 20.2 Å². The van der Waals surface area contributed by atoms with Gasteiger partial charge in [0.1, 0.15) is 0 Å². The Morgan fingerprint density at radius 1 is 1.40 bits per heavy atom. The Morgan fingerprint density at radius 2 is 2.05 bits per heavy atom. The largest absolute Gasteiger partial charge is 0.453 e. The molecule has 0 bridgehead atoms. The molecule has 3 atom stereocenters. The van der Waals surface area contributed by atoms with Gasteiger partial charge in [0, 0.05) is 24.9 Å². The van der Waals surface area contributed by atoms with Crippen molar-refractivity contribution in [3.63, 3.8) is 0 Å². The van der Waals surface area contributed by atoms with Gasteiger partial charge in [-0.2, -0.15) is 0 Å². The summed E-state index contributed by atoms with van der Waals surface area (Å²) in [5.41, 5.74) is 0. The van der Waals surface area contributed by atoms with Crippen LogP contribution in [-0.4, -0.2) is 54.4 Å². The Labute approximate surface area is 120 Å². The molecule has 0 spiro atoms. The van der Waals surface area contributed by atoms with Crippen molar-refractivity contribution >= 4 is 12.0 Å². The number of hydrogen-bond donors (Lipinski definition) is 2. The van der Waals surface area contributed by atoms with Gasteiger partial charge in [-0.25, -0.2) is 4.79 Å². The van der Waals surface area contributed by atoms with Crippen LogP contribution in [0.2, 0.25) is 0 Å². The van der Waals surface area contributed by atoms with E-state index in [1.165, 1.54) is 7.11 Å². The molecule has 0 aromatic carbocycles. The van der Waals surface area contributed by atoms with E-state index < -0.39 is 12.2 Å². The predicted molar refractivity (Wildman–Crippen MR) is 75.2 cm³/mol. The molecule has 116 valence electrons. The van der Waals surface area contributed by atoms with E-state index in [1.807, 2.05) is 20.8 Å². The van der Waals surface area contributed by atoms with Crippen molar-refractivity contribution < 1.29 is 19.4 Å². The van der Waals surface area contributed by atoms with Gasteiger partial charge in [0.15, 0.2) is 0 Å². The molecule has 1 aliphatic heterocycles. The minimum Gasteiger partial charge on any atom is -0.453 e. The summed E-state index contributed by atoms with van der Waals surface area (Å²) in [6.45, 7) is 6.64. The fourth-order valence-corrected chi connectivity index (χ4v) is 2.63. The molecule has 1 fully saturated rings. The van der Waals surface area contributed by atoms with Gasteiger partial charge < -0.3 is 20.1 Å². The first-order valence-corrected chi connectivity index (χ1v) is 7.20. The summed E-state index contributed by atoms with van der Waals surface area (Å²) >= 11 is 0. The van der Waals surface area contributed by atoms with Crippen molar-refractivity contribution in [2.24, 2.45) is 11.8 Å². The lowest BCUT2D eigenvalue weighted by atomic mass is 9.88. The third kappa shape index (κ3) is 4.37.